The van der Waals surface area contributed by atoms with Gasteiger partial charge in [-0.1, -0.05) is 80.0 Å². The second-order valence-electron chi connectivity index (χ2n) is 9.28. The van der Waals surface area contributed by atoms with E-state index in [1.54, 1.807) is 6.07 Å². The Labute approximate surface area is 223 Å². The van der Waals surface area contributed by atoms with Gasteiger partial charge in [0.05, 0.1) is 17.2 Å². The summed E-state index contributed by atoms with van der Waals surface area (Å²) < 4.78 is 46.2. The van der Waals surface area contributed by atoms with Gasteiger partial charge in [0.1, 0.15) is 5.75 Å². The van der Waals surface area contributed by atoms with Gasteiger partial charge in [-0.2, -0.15) is 13.2 Å². The van der Waals surface area contributed by atoms with Gasteiger partial charge in [0.15, 0.2) is 0 Å². The molecule has 200 valence electrons. The number of halogens is 4. The Kier molecular flexibility index (Phi) is 11.3. The summed E-state index contributed by atoms with van der Waals surface area (Å²) in [5.74, 6) is 1.04. The minimum atomic E-state index is -4.48. The second-order valence-corrected chi connectivity index (χ2v) is 9.65. The Bertz CT molecular complexity index is 1090. The summed E-state index contributed by atoms with van der Waals surface area (Å²) in [5.41, 5.74) is 2.09. The zero-order valence-corrected chi connectivity index (χ0v) is 22.3. The predicted molar refractivity (Wildman–Crippen MR) is 145 cm³/mol. The fraction of sp³-hybridized carbons (Fsp3) is 0.400. The van der Waals surface area contributed by atoms with Crippen LogP contribution in [0.5, 0.6) is 5.75 Å². The lowest BCUT2D eigenvalue weighted by Gasteiger charge is -2.27. The number of benzene rings is 3. The predicted octanol–water partition coefficient (Wildman–Crippen LogP) is 7.59. The Hall–Kier alpha value is -2.54. The van der Waals surface area contributed by atoms with Crippen molar-refractivity contribution in [3.05, 3.63) is 100 Å². The van der Waals surface area contributed by atoms with Crippen LogP contribution in [0, 0.1) is 0 Å². The number of hydrogen-bond acceptors (Lipinski definition) is 3. The fourth-order valence-electron chi connectivity index (χ4n) is 4.35. The summed E-state index contributed by atoms with van der Waals surface area (Å²) in [6, 6.07) is 22.4. The van der Waals surface area contributed by atoms with Crippen LogP contribution in [0.1, 0.15) is 48.4 Å². The van der Waals surface area contributed by atoms with Crippen molar-refractivity contribution in [3.8, 4) is 5.75 Å². The lowest BCUT2D eigenvalue weighted by atomic mass is 10.00. The molecule has 3 aromatic rings. The van der Waals surface area contributed by atoms with Gasteiger partial charge in [0.25, 0.3) is 0 Å². The van der Waals surface area contributed by atoms with E-state index in [-0.39, 0.29) is 10.9 Å². The molecule has 1 N–H and O–H groups in total. The summed E-state index contributed by atoms with van der Waals surface area (Å²) in [6.45, 7) is 8.30. The van der Waals surface area contributed by atoms with Crippen LogP contribution in [0.15, 0.2) is 72.8 Å². The van der Waals surface area contributed by atoms with E-state index >= 15 is 0 Å². The number of alkyl halides is 3. The topological polar surface area (TPSA) is 24.5 Å². The van der Waals surface area contributed by atoms with E-state index in [0.717, 1.165) is 37.7 Å². The first-order valence-electron chi connectivity index (χ1n) is 12.8. The molecular formula is C30H36ClF3N2O. The first kappa shape index (κ1) is 29.0. The normalized spacial score (nSPS) is 12.6. The lowest BCUT2D eigenvalue weighted by Crippen LogP contribution is -2.30. The zero-order valence-electron chi connectivity index (χ0n) is 21.5. The van der Waals surface area contributed by atoms with Crippen LogP contribution in [-0.4, -0.2) is 37.7 Å². The van der Waals surface area contributed by atoms with Crippen LogP contribution in [-0.2, 0) is 19.1 Å². The maximum absolute atomic E-state index is 13.4. The Morgan fingerprint density at radius 1 is 1.00 bits per heavy atom. The SMILES string of the molecule is CCNCCc1cccc(OCCCN(Cc2cccc(C(F)(F)F)c2Cl)CC(C)c2ccccc2)c1. The standard InChI is InChI=1S/C30H36ClF3N2O/c1-3-35-17-16-24-10-7-14-27(20-24)37-19-9-18-36(21-23(2)25-11-5-4-6-12-25)22-26-13-8-15-28(29(26)31)30(32,33)34/h4-8,10-15,20,23,35H,3,9,16-19,21-22H2,1-2H3. The van der Waals surface area contributed by atoms with Crippen LogP contribution in [0.4, 0.5) is 13.2 Å². The molecular weight excluding hydrogens is 497 g/mol. The smallest absolute Gasteiger partial charge is 0.417 e. The average molecular weight is 533 g/mol. The summed E-state index contributed by atoms with van der Waals surface area (Å²) in [6.07, 6.45) is -2.81. The van der Waals surface area contributed by atoms with Crippen molar-refractivity contribution in [2.75, 3.05) is 32.8 Å². The van der Waals surface area contributed by atoms with Gasteiger partial charge >= 0.3 is 6.18 Å². The van der Waals surface area contributed by atoms with Crippen molar-refractivity contribution in [1.29, 1.82) is 0 Å². The fourth-order valence-corrected chi connectivity index (χ4v) is 4.64. The van der Waals surface area contributed by atoms with Gasteiger partial charge in [-0.15, -0.1) is 0 Å². The molecule has 0 saturated heterocycles. The van der Waals surface area contributed by atoms with Crippen LogP contribution in [0.2, 0.25) is 5.02 Å². The number of nitrogens with one attached hydrogen (secondary N) is 1. The molecule has 0 fully saturated rings. The molecule has 0 amide bonds. The number of hydrogen-bond donors (Lipinski definition) is 1. The maximum atomic E-state index is 13.4. The summed E-state index contributed by atoms with van der Waals surface area (Å²) in [7, 11) is 0. The van der Waals surface area contributed by atoms with Gasteiger partial charge in [-0.3, -0.25) is 4.90 Å². The third-order valence-electron chi connectivity index (χ3n) is 6.31. The minimum absolute atomic E-state index is 0.208. The van der Waals surface area contributed by atoms with Gasteiger partial charge < -0.3 is 10.1 Å². The number of likely N-dealkylation sites (N-methyl/N-ethyl adjacent to an activating group) is 1. The highest BCUT2D eigenvalue weighted by Crippen LogP contribution is 2.36. The van der Waals surface area contributed by atoms with E-state index in [1.807, 2.05) is 30.3 Å². The number of nitrogens with zero attached hydrogens (tertiary/aromatic N) is 1. The van der Waals surface area contributed by atoms with Gasteiger partial charge in [-0.25, -0.2) is 0 Å². The average Bonchev–Trinajstić information content (AvgIpc) is 2.88. The molecule has 0 radical (unpaired) electrons. The zero-order chi connectivity index (χ0) is 26.7. The van der Waals surface area contributed by atoms with Gasteiger partial charge in [0.2, 0.25) is 0 Å². The molecule has 0 aliphatic heterocycles. The summed E-state index contributed by atoms with van der Waals surface area (Å²) in [5, 5.41) is 3.10. The van der Waals surface area contributed by atoms with Crippen LogP contribution in [0.25, 0.3) is 0 Å². The van der Waals surface area contributed by atoms with E-state index in [1.165, 1.54) is 17.2 Å². The highest BCUT2D eigenvalue weighted by Gasteiger charge is 2.34. The first-order chi connectivity index (χ1) is 17.8. The molecule has 0 aliphatic carbocycles. The highest BCUT2D eigenvalue weighted by atomic mass is 35.5. The third-order valence-corrected chi connectivity index (χ3v) is 6.75. The molecule has 0 spiro atoms. The van der Waals surface area contributed by atoms with Crippen molar-refractivity contribution in [1.82, 2.24) is 10.2 Å². The van der Waals surface area contributed by atoms with Crippen LogP contribution >= 0.6 is 11.6 Å². The molecule has 0 aromatic heterocycles. The van der Waals surface area contributed by atoms with Crippen LogP contribution in [0.3, 0.4) is 0 Å². The first-order valence-corrected chi connectivity index (χ1v) is 13.2. The van der Waals surface area contributed by atoms with E-state index in [4.69, 9.17) is 16.3 Å². The molecule has 7 heteroatoms. The second kappa shape index (κ2) is 14.4. The van der Waals surface area contributed by atoms with Crippen molar-refractivity contribution >= 4 is 11.6 Å². The molecule has 0 aliphatic rings. The van der Waals surface area contributed by atoms with Crippen molar-refractivity contribution in [2.24, 2.45) is 0 Å². The van der Waals surface area contributed by atoms with Crippen molar-refractivity contribution < 1.29 is 17.9 Å². The van der Waals surface area contributed by atoms with E-state index < -0.39 is 11.7 Å². The molecule has 3 rings (SSSR count). The Morgan fingerprint density at radius 3 is 2.49 bits per heavy atom. The molecule has 0 bridgehead atoms. The Morgan fingerprint density at radius 2 is 1.76 bits per heavy atom. The molecule has 0 saturated carbocycles. The lowest BCUT2D eigenvalue weighted by molar-refractivity contribution is -0.137. The molecule has 1 unspecified atom stereocenters. The van der Waals surface area contributed by atoms with Crippen LogP contribution < -0.4 is 10.1 Å². The third kappa shape index (κ3) is 9.37. The van der Waals surface area contributed by atoms with E-state index in [0.29, 0.717) is 31.8 Å². The number of rotatable bonds is 14. The van der Waals surface area contributed by atoms with E-state index in [9.17, 15) is 13.2 Å². The Balaban J connectivity index is 1.64. The molecule has 1 atom stereocenters. The molecule has 3 aromatic carbocycles. The molecule has 3 nitrogen and oxygen atoms in total. The largest absolute Gasteiger partial charge is 0.494 e. The monoisotopic (exact) mass is 532 g/mol. The summed E-state index contributed by atoms with van der Waals surface area (Å²) in [4.78, 5) is 2.16. The van der Waals surface area contributed by atoms with Crippen molar-refractivity contribution in [3.63, 3.8) is 0 Å². The molecule has 0 heterocycles. The minimum Gasteiger partial charge on any atom is -0.494 e. The number of ether oxygens (including phenoxy) is 1. The maximum Gasteiger partial charge on any atom is 0.417 e. The molecule has 37 heavy (non-hydrogen) atoms. The highest BCUT2D eigenvalue weighted by molar-refractivity contribution is 6.32. The summed E-state index contributed by atoms with van der Waals surface area (Å²) >= 11 is 6.22. The van der Waals surface area contributed by atoms with Gasteiger partial charge in [0, 0.05) is 19.6 Å². The van der Waals surface area contributed by atoms with Crippen molar-refractivity contribution in [2.45, 2.75) is 45.3 Å². The quantitative estimate of drug-likeness (QED) is 0.216. The van der Waals surface area contributed by atoms with E-state index in [2.05, 4.69) is 48.3 Å². The van der Waals surface area contributed by atoms with Gasteiger partial charge in [-0.05, 0) is 66.7 Å².